The highest BCUT2D eigenvalue weighted by Crippen LogP contribution is 2.30. The van der Waals surface area contributed by atoms with Gasteiger partial charge in [0, 0.05) is 0 Å². The minimum Gasteiger partial charge on any atom is -0.0616 e. The molecule has 0 fully saturated rings. The molecule has 0 aromatic heterocycles. The van der Waals surface area contributed by atoms with E-state index < -0.39 is 0 Å². The number of hydrogen-bond acceptors (Lipinski definition) is 0. The molecule has 0 N–H and O–H groups in total. The fourth-order valence-electron chi connectivity index (χ4n) is 5.27. The lowest BCUT2D eigenvalue weighted by molar-refractivity contribution is 1.76. The molecule has 8 rings (SSSR count). The topological polar surface area (TPSA) is 0 Å². The molecule has 0 heteroatoms. The van der Waals surface area contributed by atoms with Gasteiger partial charge in [-0.2, -0.15) is 0 Å². The summed E-state index contributed by atoms with van der Waals surface area (Å²) in [6.45, 7) is 0. The third-order valence-corrected chi connectivity index (χ3v) is 7.14. The standard InChI is InChI=1S/C22H14.C14H10/c1-2-6-16-10-20-14-22-12-18-8-4-3-7-17(18)11-21(22)13-19(20)9-15(16)5-1;1-2-6-12-10-14-8-4-3-7-13(14)9-11(12)5-1/h1-14H;1-10H. The van der Waals surface area contributed by atoms with E-state index in [0.29, 0.717) is 0 Å². The van der Waals surface area contributed by atoms with Crippen LogP contribution in [0.15, 0.2) is 146 Å². The molecule has 8 aromatic carbocycles. The largest absolute Gasteiger partial charge is 0.0616 e. The highest BCUT2D eigenvalue weighted by Gasteiger charge is 2.03. The minimum absolute atomic E-state index is 1.30. The van der Waals surface area contributed by atoms with Crippen LogP contribution in [-0.2, 0) is 0 Å². The summed E-state index contributed by atoms with van der Waals surface area (Å²) >= 11 is 0. The second-order valence-corrected chi connectivity index (χ2v) is 9.49. The molecule has 0 nitrogen and oxygen atoms in total. The average Bonchev–Trinajstić information content (AvgIpc) is 2.93. The average molecular weight is 457 g/mol. The molecule has 168 valence electrons. The fraction of sp³-hybridized carbons (Fsp3) is 0. The fourth-order valence-corrected chi connectivity index (χ4v) is 5.27. The van der Waals surface area contributed by atoms with E-state index in [4.69, 9.17) is 0 Å². The van der Waals surface area contributed by atoms with E-state index in [-0.39, 0.29) is 0 Å². The molecule has 0 spiro atoms. The lowest BCUT2D eigenvalue weighted by Gasteiger charge is -2.07. The maximum atomic E-state index is 2.31. The van der Waals surface area contributed by atoms with Crippen LogP contribution in [-0.4, -0.2) is 0 Å². The Morgan fingerprint density at radius 2 is 0.306 bits per heavy atom. The Balaban J connectivity index is 0.000000136. The highest BCUT2D eigenvalue weighted by molar-refractivity contribution is 6.08. The second-order valence-electron chi connectivity index (χ2n) is 9.49. The second kappa shape index (κ2) is 8.52. The van der Waals surface area contributed by atoms with Gasteiger partial charge in [0.1, 0.15) is 0 Å². The summed E-state index contributed by atoms with van der Waals surface area (Å²) in [5.41, 5.74) is 0. The van der Waals surface area contributed by atoms with Crippen LogP contribution in [0.5, 0.6) is 0 Å². The zero-order chi connectivity index (χ0) is 23.9. The third kappa shape index (κ3) is 3.74. The van der Waals surface area contributed by atoms with Crippen LogP contribution < -0.4 is 0 Å². The van der Waals surface area contributed by atoms with Crippen molar-refractivity contribution in [3.8, 4) is 0 Å². The van der Waals surface area contributed by atoms with Gasteiger partial charge in [0.2, 0.25) is 0 Å². The van der Waals surface area contributed by atoms with Gasteiger partial charge in [-0.25, -0.2) is 0 Å². The van der Waals surface area contributed by atoms with Crippen molar-refractivity contribution in [3.63, 3.8) is 0 Å². The predicted octanol–water partition coefficient (Wildman–Crippen LogP) is 10.3. The molecule has 0 aliphatic rings. The molecule has 36 heavy (non-hydrogen) atoms. The lowest BCUT2D eigenvalue weighted by Crippen LogP contribution is -1.80. The van der Waals surface area contributed by atoms with E-state index in [9.17, 15) is 0 Å². The molecule has 0 atom stereocenters. The predicted molar refractivity (Wildman–Crippen MR) is 158 cm³/mol. The Bertz CT molecular complexity index is 1760. The number of hydrogen-bond donors (Lipinski definition) is 0. The first-order valence-electron chi connectivity index (χ1n) is 12.4. The Kier molecular flexibility index (Phi) is 4.89. The highest BCUT2D eigenvalue weighted by atomic mass is 14.1. The van der Waals surface area contributed by atoms with Gasteiger partial charge in [0.15, 0.2) is 0 Å². The molecule has 0 heterocycles. The Morgan fingerprint density at radius 3 is 0.500 bits per heavy atom. The van der Waals surface area contributed by atoms with Crippen LogP contribution in [0.1, 0.15) is 0 Å². The quantitative estimate of drug-likeness (QED) is 0.199. The van der Waals surface area contributed by atoms with Gasteiger partial charge in [-0.3, -0.25) is 0 Å². The van der Waals surface area contributed by atoms with Gasteiger partial charge in [-0.15, -0.1) is 0 Å². The molecule has 0 saturated carbocycles. The first kappa shape index (κ1) is 20.7. The summed E-state index contributed by atoms with van der Waals surface area (Å²) in [6, 6.07) is 52.3. The van der Waals surface area contributed by atoms with Crippen molar-refractivity contribution in [2.75, 3.05) is 0 Å². The van der Waals surface area contributed by atoms with Crippen molar-refractivity contribution >= 4 is 64.6 Å². The van der Waals surface area contributed by atoms with Crippen molar-refractivity contribution in [1.29, 1.82) is 0 Å². The van der Waals surface area contributed by atoms with Crippen molar-refractivity contribution < 1.29 is 0 Å². The summed E-state index contributed by atoms with van der Waals surface area (Å²) in [5, 5.41) is 15.7. The van der Waals surface area contributed by atoms with Gasteiger partial charge in [0.05, 0.1) is 0 Å². The number of rotatable bonds is 0. The summed E-state index contributed by atoms with van der Waals surface area (Å²) in [5.74, 6) is 0. The molecule has 0 amide bonds. The SMILES string of the molecule is c1ccc2cc3cc4cc5ccccc5cc4cc3cc2c1.c1ccc2cc3ccccc3cc2c1. The summed E-state index contributed by atoms with van der Waals surface area (Å²) in [6.07, 6.45) is 0. The number of fused-ring (bicyclic) bond motifs is 6. The monoisotopic (exact) mass is 456 g/mol. The number of benzene rings is 8. The van der Waals surface area contributed by atoms with E-state index in [1.165, 1.54) is 64.6 Å². The Hall–Kier alpha value is -4.68. The first-order chi connectivity index (χ1) is 17.8. The summed E-state index contributed by atoms with van der Waals surface area (Å²) < 4.78 is 0. The molecular formula is C36H24. The minimum atomic E-state index is 1.30. The van der Waals surface area contributed by atoms with E-state index in [2.05, 4.69) is 146 Å². The molecular weight excluding hydrogens is 432 g/mol. The zero-order valence-corrected chi connectivity index (χ0v) is 19.9. The van der Waals surface area contributed by atoms with Crippen molar-refractivity contribution in [1.82, 2.24) is 0 Å². The van der Waals surface area contributed by atoms with Gasteiger partial charge in [0.25, 0.3) is 0 Å². The van der Waals surface area contributed by atoms with Crippen LogP contribution in [0.3, 0.4) is 0 Å². The third-order valence-electron chi connectivity index (χ3n) is 7.14. The normalized spacial score (nSPS) is 11.3. The molecule has 8 aromatic rings. The summed E-state index contributed by atoms with van der Waals surface area (Å²) in [4.78, 5) is 0. The maximum absolute atomic E-state index is 2.31. The molecule has 0 aliphatic heterocycles. The summed E-state index contributed by atoms with van der Waals surface area (Å²) in [7, 11) is 0. The molecule has 0 unspecified atom stereocenters. The van der Waals surface area contributed by atoms with Gasteiger partial charge in [-0.05, 0) is 113 Å². The lowest BCUT2D eigenvalue weighted by atomic mass is 9.97. The molecule has 0 aliphatic carbocycles. The molecule has 0 radical (unpaired) electrons. The van der Waals surface area contributed by atoms with Crippen LogP contribution in [0.4, 0.5) is 0 Å². The van der Waals surface area contributed by atoms with Crippen LogP contribution in [0.2, 0.25) is 0 Å². The molecule has 0 bridgehead atoms. The van der Waals surface area contributed by atoms with Crippen molar-refractivity contribution in [3.05, 3.63) is 146 Å². The Morgan fingerprint density at radius 1 is 0.167 bits per heavy atom. The molecule has 0 saturated heterocycles. The Labute approximate surface area is 210 Å². The van der Waals surface area contributed by atoms with Crippen molar-refractivity contribution in [2.24, 2.45) is 0 Å². The van der Waals surface area contributed by atoms with Crippen LogP contribution in [0, 0.1) is 0 Å². The maximum Gasteiger partial charge on any atom is -0.0171 e. The first-order valence-corrected chi connectivity index (χ1v) is 12.4. The van der Waals surface area contributed by atoms with Crippen molar-refractivity contribution in [2.45, 2.75) is 0 Å². The van der Waals surface area contributed by atoms with Gasteiger partial charge >= 0.3 is 0 Å². The van der Waals surface area contributed by atoms with Gasteiger partial charge < -0.3 is 0 Å². The zero-order valence-electron chi connectivity index (χ0n) is 19.9. The van der Waals surface area contributed by atoms with Gasteiger partial charge in [-0.1, -0.05) is 97.1 Å². The van der Waals surface area contributed by atoms with E-state index in [1.807, 2.05) is 0 Å². The van der Waals surface area contributed by atoms with E-state index >= 15 is 0 Å². The van der Waals surface area contributed by atoms with Crippen LogP contribution in [0.25, 0.3) is 64.6 Å². The van der Waals surface area contributed by atoms with E-state index in [1.54, 1.807) is 0 Å². The van der Waals surface area contributed by atoms with E-state index in [0.717, 1.165) is 0 Å². The van der Waals surface area contributed by atoms with Crippen LogP contribution >= 0.6 is 0 Å². The smallest absolute Gasteiger partial charge is 0.0171 e.